The molecule has 4 rings (SSSR count). The fourth-order valence-electron chi connectivity index (χ4n) is 3.70. The zero-order valence-electron chi connectivity index (χ0n) is 15.8. The summed E-state index contributed by atoms with van der Waals surface area (Å²) in [6, 6.07) is 11.4. The van der Waals surface area contributed by atoms with Gasteiger partial charge in [-0.15, -0.1) is 0 Å². The van der Waals surface area contributed by atoms with Gasteiger partial charge in [-0.3, -0.25) is 10.3 Å². The number of urea groups is 1. The molecule has 1 saturated carbocycles. The summed E-state index contributed by atoms with van der Waals surface area (Å²) >= 11 is 0. The summed E-state index contributed by atoms with van der Waals surface area (Å²) in [7, 11) is 0. The highest BCUT2D eigenvalue weighted by Gasteiger charge is 2.22. The number of nitrogens with one attached hydrogen (secondary N) is 1. The quantitative estimate of drug-likeness (QED) is 0.678. The maximum Gasteiger partial charge on any atom is 0.323 e. The third kappa shape index (κ3) is 4.42. The van der Waals surface area contributed by atoms with E-state index in [9.17, 15) is 4.79 Å². The standard InChI is InChI=1S/C21H25N5O2/c27-21(24-20-11-13-23-26(20)18-8-2-1-3-9-18)25(16-19-10-6-14-28-19)15-17-7-4-5-12-22-17/h4-7,10-14,18H,1-3,8-9,15-16H2,(H,24,27). The Kier molecular flexibility index (Phi) is 5.70. The van der Waals surface area contributed by atoms with E-state index >= 15 is 0 Å². The van der Waals surface area contributed by atoms with Crippen LogP contribution in [-0.2, 0) is 13.1 Å². The minimum absolute atomic E-state index is 0.195. The summed E-state index contributed by atoms with van der Waals surface area (Å²) in [6.07, 6.45) is 11.0. The summed E-state index contributed by atoms with van der Waals surface area (Å²) in [5, 5.41) is 7.50. The van der Waals surface area contributed by atoms with Crippen LogP contribution in [0.25, 0.3) is 0 Å². The zero-order chi connectivity index (χ0) is 19.2. The van der Waals surface area contributed by atoms with Gasteiger partial charge in [0.05, 0.1) is 37.3 Å². The number of amides is 2. The molecule has 0 unspecified atom stereocenters. The monoisotopic (exact) mass is 379 g/mol. The molecular formula is C21H25N5O2. The molecule has 3 heterocycles. The normalized spacial score (nSPS) is 14.7. The summed E-state index contributed by atoms with van der Waals surface area (Å²) in [5.74, 6) is 1.47. The number of nitrogens with zero attached hydrogens (tertiary/aromatic N) is 4. The molecule has 1 fully saturated rings. The van der Waals surface area contributed by atoms with Gasteiger partial charge in [0.15, 0.2) is 0 Å². The van der Waals surface area contributed by atoms with Crippen LogP contribution in [0.2, 0.25) is 0 Å². The Bertz CT molecular complexity index is 869. The van der Waals surface area contributed by atoms with E-state index < -0.39 is 0 Å². The minimum atomic E-state index is -0.195. The number of anilines is 1. The number of carbonyl (C=O) groups excluding carboxylic acids is 1. The van der Waals surface area contributed by atoms with Crippen molar-refractivity contribution in [3.8, 4) is 0 Å². The van der Waals surface area contributed by atoms with Crippen molar-refractivity contribution in [1.82, 2.24) is 19.7 Å². The summed E-state index contributed by atoms with van der Waals surface area (Å²) in [6.45, 7) is 0.762. The number of hydrogen-bond donors (Lipinski definition) is 1. The minimum Gasteiger partial charge on any atom is -0.467 e. The van der Waals surface area contributed by atoms with E-state index in [1.807, 2.05) is 41.1 Å². The predicted octanol–water partition coefficient (Wildman–Crippen LogP) is 4.61. The highest BCUT2D eigenvalue weighted by atomic mass is 16.3. The molecule has 0 atom stereocenters. The maximum atomic E-state index is 13.1. The number of rotatable bonds is 6. The molecule has 0 saturated heterocycles. The van der Waals surface area contributed by atoms with Gasteiger partial charge in [-0.05, 0) is 37.1 Å². The smallest absolute Gasteiger partial charge is 0.323 e. The largest absolute Gasteiger partial charge is 0.467 e. The molecule has 1 aliphatic carbocycles. The maximum absolute atomic E-state index is 13.1. The van der Waals surface area contributed by atoms with Crippen LogP contribution >= 0.6 is 0 Å². The van der Waals surface area contributed by atoms with Crippen LogP contribution in [-0.4, -0.2) is 25.7 Å². The highest BCUT2D eigenvalue weighted by molar-refractivity contribution is 5.88. The first-order chi connectivity index (χ1) is 13.8. The van der Waals surface area contributed by atoms with Crippen molar-refractivity contribution in [2.24, 2.45) is 0 Å². The summed E-state index contributed by atoms with van der Waals surface area (Å²) < 4.78 is 7.41. The van der Waals surface area contributed by atoms with E-state index in [0.717, 1.165) is 30.1 Å². The number of furan rings is 1. The number of hydrogen-bond acceptors (Lipinski definition) is 4. The van der Waals surface area contributed by atoms with Crippen molar-refractivity contribution in [2.45, 2.75) is 51.2 Å². The van der Waals surface area contributed by atoms with Gasteiger partial charge in [0.25, 0.3) is 0 Å². The molecule has 0 radical (unpaired) electrons. The lowest BCUT2D eigenvalue weighted by Crippen LogP contribution is -2.35. The Labute approximate surface area is 164 Å². The van der Waals surface area contributed by atoms with E-state index in [1.54, 1.807) is 23.6 Å². The molecule has 7 nitrogen and oxygen atoms in total. The topological polar surface area (TPSA) is 76.2 Å². The molecule has 3 aromatic rings. The molecule has 0 spiro atoms. The Morgan fingerprint density at radius 2 is 2.00 bits per heavy atom. The van der Waals surface area contributed by atoms with Crippen molar-refractivity contribution in [2.75, 3.05) is 5.32 Å². The second-order valence-corrected chi connectivity index (χ2v) is 7.14. The predicted molar refractivity (Wildman–Crippen MR) is 106 cm³/mol. The lowest BCUT2D eigenvalue weighted by atomic mass is 9.96. The molecular weight excluding hydrogens is 354 g/mol. The van der Waals surface area contributed by atoms with Gasteiger partial charge in [0, 0.05) is 12.3 Å². The highest BCUT2D eigenvalue weighted by Crippen LogP contribution is 2.30. The van der Waals surface area contributed by atoms with Crippen molar-refractivity contribution in [1.29, 1.82) is 0 Å². The van der Waals surface area contributed by atoms with Crippen molar-refractivity contribution < 1.29 is 9.21 Å². The Balaban J connectivity index is 1.50. The van der Waals surface area contributed by atoms with Gasteiger partial charge < -0.3 is 9.32 Å². The first-order valence-electron chi connectivity index (χ1n) is 9.81. The fourth-order valence-corrected chi connectivity index (χ4v) is 3.70. The first kappa shape index (κ1) is 18.3. The van der Waals surface area contributed by atoms with Crippen LogP contribution in [0.3, 0.4) is 0 Å². The van der Waals surface area contributed by atoms with Crippen LogP contribution in [0, 0.1) is 0 Å². The third-order valence-electron chi connectivity index (χ3n) is 5.12. The third-order valence-corrected chi connectivity index (χ3v) is 5.12. The van der Waals surface area contributed by atoms with Crippen molar-refractivity contribution >= 4 is 11.8 Å². The Morgan fingerprint density at radius 3 is 2.75 bits per heavy atom. The molecule has 0 bridgehead atoms. The van der Waals surface area contributed by atoms with Crippen LogP contribution < -0.4 is 5.32 Å². The van der Waals surface area contributed by atoms with Crippen LogP contribution in [0.5, 0.6) is 0 Å². The van der Waals surface area contributed by atoms with Crippen LogP contribution in [0.15, 0.2) is 59.5 Å². The average Bonchev–Trinajstić information content (AvgIpc) is 3.41. The average molecular weight is 379 g/mol. The molecule has 1 N–H and O–H groups in total. The van der Waals surface area contributed by atoms with E-state index in [4.69, 9.17) is 4.42 Å². The fraction of sp³-hybridized carbons (Fsp3) is 0.381. The first-order valence-corrected chi connectivity index (χ1v) is 9.81. The Hall–Kier alpha value is -3.09. The molecule has 146 valence electrons. The van der Waals surface area contributed by atoms with Crippen molar-refractivity contribution in [3.63, 3.8) is 0 Å². The van der Waals surface area contributed by atoms with E-state index in [0.29, 0.717) is 19.1 Å². The molecule has 0 aliphatic heterocycles. The second kappa shape index (κ2) is 8.73. The van der Waals surface area contributed by atoms with E-state index in [1.165, 1.54) is 19.3 Å². The zero-order valence-corrected chi connectivity index (χ0v) is 15.8. The molecule has 1 aliphatic rings. The van der Waals surface area contributed by atoms with Crippen molar-refractivity contribution in [3.05, 3.63) is 66.5 Å². The number of pyridine rings is 1. The number of carbonyl (C=O) groups is 1. The number of aromatic nitrogens is 3. The lowest BCUT2D eigenvalue weighted by Gasteiger charge is -2.26. The van der Waals surface area contributed by atoms with Crippen LogP contribution in [0.1, 0.15) is 49.6 Å². The van der Waals surface area contributed by atoms with Gasteiger partial charge in [-0.1, -0.05) is 25.3 Å². The molecule has 0 aromatic carbocycles. The van der Waals surface area contributed by atoms with Gasteiger partial charge in [0.2, 0.25) is 0 Å². The molecule has 7 heteroatoms. The summed E-state index contributed by atoms with van der Waals surface area (Å²) in [5.41, 5.74) is 0.824. The lowest BCUT2D eigenvalue weighted by molar-refractivity contribution is 0.200. The van der Waals surface area contributed by atoms with Gasteiger partial charge >= 0.3 is 6.03 Å². The Morgan fingerprint density at radius 1 is 1.11 bits per heavy atom. The van der Waals surface area contributed by atoms with Gasteiger partial charge in [-0.25, -0.2) is 9.48 Å². The molecule has 2 amide bonds. The SMILES string of the molecule is O=C(Nc1ccnn1C1CCCCC1)N(Cc1ccccn1)Cc1ccco1. The van der Waals surface area contributed by atoms with E-state index in [-0.39, 0.29) is 6.03 Å². The summed E-state index contributed by atoms with van der Waals surface area (Å²) in [4.78, 5) is 19.1. The van der Waals surface area contributed by atoms with Crippen LogP contribution in [0.4, 0.5) is 10.6 Å². The van der Waals surface area contributed by atoms with E-state index in [2.05, 4.69) is 15.4 Å². The molecule has 3 aromatic heterocycles. The van der Waals surface area contributed by atoms with Gasteiger partial charge in [0.1, 0.15) is 11.6 Å². The second-order valence-electron chi connectivity index (χ2n) is 7.14. The molecule has 28 heavy (non-hydrogen) atoms. The van der Waals surface area contributed by atoms with Gasteiger partial charge in [-0.2, -0.15) is 5.10 Å².